The van der Waals surface area contributed by atoms with Crippen LogP contribution in [0.3, 0.4) is 0 Å². The topological polar surface area (TPSA) is 12.0 Å². The minimum atomic E-state index is 0.576. The molecule has 1 unspecified atom stereocenters. The molecule has 0 radical (unpaired) electrons. The Bertz CT molecular complexity index is 296. The van der Waals surface area contributed by atoms with Gasteiger partial charge in [0, 0.05) is 10.5 Å². The second-order valence-corrected chi connectivity index (χ2v) is 5.32. The summed E-state index contributed by atoms with van der Waals surface area (Å²) in [6.45, 7) is 7.74. The quantitative estimate of drug-likeness (QED) is 0.861. The number of hydrogen-bond donors (Lipinski definition) is 1. The standard InChI is InChI=1S/C13H20BrN/c1-10(2)15-9-11(3)8-12-6-4-5-7-13(12)14/h4-7,10-11,15H,8-9H2,1-3H3. The van der Waals surface area contributed by atoms with Crippen LogP contribution in [0.15, 0.2) is 28.7 Å². The Morgan fingerprint density at radius 2 is 1.87 bits per heavy atom. The molecule has 0 spiro atoms. The van der Waals surface area contributed by atoms with Gasteiger partial charge < -0.3 is 5.32 Å². The summed E-state index contributed by atoms with van der Waals surface area (Å²) in [4.78, 5) is 0. The van der Waals surface area contributed by atoms with Crippen molar-refractivity contribution in [2.45, 2.75) is 33.2 Å². The van der Waals surface area contributed by atoms with Crippen LogP contribution in [-0.4, -0.2) is 12.6 Å². The first-order valence-electron chi connectivity index (χ1n) is 5.56. The monoisotopic (exact) mass is 269 g/mol. The van der Waals surface area contributed by atoms with E-state index in [9.17, 15) is 0 Å². The lowest BCUT2D eigenvalue weighted by Gasteiger charge is -2.15. The Morgan fingerprint density at radius 1 is 1.20 bits per heavy atom. The lowest BCUT2D eigenvalue weighted by molar-refractivity contribution is 0.475. The van der Waals surface area contributed by atoms with Crippen LogP contribution in [0.2, 0.25) is 0 Å². The van der Waals surface area contributed by atoms with E-state index in [1.54, 1.807) is 0 Å². The second-order valence-electron chi connectivity index (χ2n) is 4.46. The van der Waals surface area contributed by atoms with Gasteiger partial charge in [0.15, 0.2) is 0 Å². The van der Waals surface area contributed by atoms with Gasteiger partial charge in [-0.3, -0.25) is 0 Å². The van der Waals surface area contributed by atoms with E-state index in [0.717, 1.165) is 13.0 Å². The Labute approximate surface area is 101 Å². The van der Waals surface area contributed by atoms with Crippen LogP contribution < -0.4 is 5.32 Å². The molecule has 0 heterocycles. The Kier molecular flexibility index (Phi) is 5.34. The summed E-state index contributed by atoms with van der Waals surface area (Å²) in [5, 5.41) is 3.47. The molecule has 1 atom stereocenters. The summed E-state index contributed by atoms with van der Waals surface area (Å²) in [7, 11) is 0. The predicted octanol–water partition coefficient (Wildman–Crippen LogP) is 3.63. The molecular weight excluding hydrogens is 250 g/mol. The Balaban J connectivity index is 2.44. The van der Waals surface area contributed by atoms with Crippen molar-refractivity contribution in [3.63, 3.8) is 0 Å². The fourth-order valence-electron chi connectivity index (χ4n) is 1.55. The molecule has 2 heteroatoms. The fourth-order valence-corrected chi connectivity index (χ4v) is 2.00. The van der Waals surface area contributed by atoms with Crippen molar-refractivity contribution >= 4 is 15.9 Å². The summed E-state index contributed by atoms with van der Waals surface area (Å²) in [6.07, 6.45) is 1.13. The van der Waals surface area contributed by atoms with Gasteiger partial charge in [-0.1, -0.05) is 54.9 Å². The maximum absolute atomic E-state index is 3.58. The highest BCUT2D eigenvalue weighted by molar-refractivity contribution is 9.10. The molecular formula is C13H20BrN. The molecule has 1 N–H and O–H groups in total. The Hall–Kier alpha value is -0.340. The van der Waals surface area contributed by atoms with Gasteiger partial charge in [0.1, 0.15) is 0 Å². The van der Waals surface area contributed by atoms with Gasteiger partial charge in [-0.25, -0.2) is 0 Å². The zero-order valence-electron chi connectivity index (χ0n) is 9.76. The maximum atomic E-state index is 3.58. The number of nitrogens with one attached hydrogen (secondary N) is 1. The van der Waals surface area contributed by atoms with Crippen LogP contribution >= 0.6 is 15.9 Å². The van der Waals surface area contributed by atoms with E-state index in [1.807, 2.05) is 0 Å². The van der Waals surface area contributed by atoms with Crippen LogP contribution in [0.25, 0.3) is 0 Å². The maximum Gasteiger partial charge on any atom is 0.0207 e. The van der Waals surface area contributed by atoms with Crippen LogP contribution in [0.1, 0.15) is 26.3 Å². The normalized spacial score (nSPS) is 13.1. The minimum Gasteiger partial charge on any atom is -0.314 e. The molecule has 0 saturated heterocycles. The van der Waals surface area contributed by atoms with Crippen molar-refractivity contribution in [2.24, 2.45) is 5.92 Å². The lowest BCUT2D eigenvalue weighted by atomic mass is 10.0. The highest BCUT2D eigenvalue weighted by Crippen LogP contribution is 2.19. The molecule has 0 saturated carbocycles. The minimum absolute atomic E-state index is 0.576. The van der Waals surface area contributed by atoms with Gasteiger partial charge in [0.25, 0.3) is 0 Å². The largest absolute Gasteiger partial charge is 0.314 e. The predicted molar refractivity (Wildman–Crippen MR) is 70.1 cm³/mol. The van der Waals surface area contributed by atoms with Crippen molar-refractivity contribution in [3.05, 3.63) is 34.3 Å². The third kappa shape index (κ3) is 4.80. The van der Waals surface area contributed by atoms with Crippen molar-refractivity contribution in [1.82, 2.24) is 5.32 Å². The molecule has 0 aliphatic heterocycles. The molecule has 0 amide bonds. The van der Waals surface area contributed by atoms with Gasteiger partial charge in [-0.15, -0.1) is 0 Å². The van der Waals surface area contributed by atoms with Gasteiger partial charge in [0.05, 0.1) is 0 Å². The summed E-state index contributed by atoms with van der Waals surface area (Å²) in [5.74, 6) is 0.672. The third-order valence-electron chi connectivity index (χ3n) is 2.40. The van der Waals surface area contributed by atoms with Gasteiger partial charge in [-0.2, -0.15) is 0 Å². The lowest BCUT2D eigenvalue weighted by Crippen LogP contribution is -2.28. The van der Waals surface area contributed by atoms with Crippen LogP contribution in [0, 0.1) is 5.92 Å². The molecule has 1 aromatic carbocycles. The van der Waals surface area contributed by atoms with E-state index in [0.29, 0.717) is 12.0 Å². The van der Waals surface area contributed by atoms with E-state index in [2.05, 4.69) is 66.3 Å². The van der Waals surface area contributed by atoms with Crippen molar-refractivity contribution in [2.75, 3.05) is 6.54 Å². The van der Waals surface area contributed by atoms with Gasteiger partial charge in [0.2, 0.25) is 0 Å². The SMILES string of the molecule is CC(CNC(C)C)Cc1ccccc1Br. The van der Waals surface area contributed by atoms with Gasteiger partial charge >= 0.3 is 0 Å². The smallest absolute Gasteiger partial charge is 0.0207 e. The second kappa shape index (κ2) is 6.29. The van der Waals surface area contributed by atoms with Gasteiger partial charge in [-0.05, 0) is 30.5 Å². The van der Waals surface area contributed by atoms with Crippen LogP contribution in [-0.2, 0) is 6.42 Å². The van der Waals surface area contributed by atoms with Crippen molar-refractivity contribution < 1.29 is 0 Å². The average molecular weight is 270 g/mol. The summed E-state index contributed by atoms with van der Waals surface area (Å²) >= 11 is 3.58. The van der Waals surface area contributed by atoms with E-state index in [4.69, 9.17) is 0 Å². The molecule has 84 valence electrons. The van der Waals surface area contributed by atoms with Crippen LogP contribution in [0.4, 0.5) is 0 Å². The van der Waals surface area contributed by atoms with E-state index < -0.39 is 0 Å². The van der Waals surface area contributed by atoms with Crippen molar-refractivity contribution in [1.29, 1.82) is 0 Å². The summed E-state index contributed by atoms with van der Waals surface area (Å²) in [5.41, 5.74) is 1.40. The molecule has 0 aliphatic carbocycles. The van der Waals surface area contributed by atoms with Crippen molar-refractivity contribution in [3.8, 4) is 0 Å². The summed E-state index contributed by atoms with van der Waals surface area (Å²) in [6, 6.07) is 9.04. The highest BCUT2D eigenvalue weighted by Gasteiger charge is 2.06. The fraction of sp³-hybridized carbons (Fsp3) is 0.538. The number of rotatable bonds is 5. The Morgan fingerprint density at radius 3 is 2.47 bits per heavy atom. The molecule has 1 nitrogen and oxygen atoms in total. The highest BCUT2D eigenvalue weighted by atomic mass is 79.9. The molecule has 15 heavy (non-hydrogen) atoms. The van der Waals surface area contributed by atoms with E-state index >= 15 is 0 Å². The first-order chi connectivity index (χ1) is 7.09. The first kappa shape index (κ1) is 12.7. The summed E-state index contributed by atoms with van der Waals surface area (Å²) < 4.78 is 1.22. The average Bonchev–Trinajstić information content (AvgIpc) is 2.18. The number of halogens is 1. The molecule has 1 aromatic rings. The molecule has 0 fully saturated rings. The van der Waals surface area contributed by atoms with E-state index in [-0.39, 0.29) is 0 Å². The molecule has 0 aliphatic rings. The first-order valence-corrected chi connectivity index (χ1v) is 6.35. The molecule has 0 bridgehead atoms. The van der Waals surface area contributed by atoms with E-state index in [1.165, 1.54) is 10.0 Å². The number of hydrogen-bond acceptors (Lipinski definition) is 1. The zero-order chi connectivity index (χ0) is 11.3. The van der Waals surface area contributed by atoms with Crippen LogP contribution in [0.5, 0.6) is 0 Å². The molecule has 0 aromatic heterocycles. The third-order valence-corrected chi connectivity index (χ3v) is 3.17. The number of benzene rings is 1. The zero-order valence-corrected chi connectivity index (χ0v) is 11.3. The molecule has 1 rings (SSSR count).